The lowest BCUT2D eigenvalue weighted by Gasteiger charge is -2.06. The summed E-state index contributed by atoms with van der Waals surface area (Å²) >= 11 is 0. The number of rotatable bonds is 5. The Bertz CT molecular complexity index is 645. The van der Waals surface area contributed by atoms with Gasteiger partial charge in [-0.25, -0.2) is 9.78 Å². The average molecular weight is 274 g/mol. The zero-order valence-corrected chi connectivity index (χ0v) is 10.2. The number of pyridine rings is 2. The average Bonchev–Trinajstić information content (AvgIpc) is 2.45. The van der Waals surface area contributed by atoms with E-state index in [0.29, 0.717) is 6.54 Å². The molecule has 2 rings (SSSR count). The van der Waals surface area contributed by atoms with E-state index in [0.717, 1.165) is 17.8 Å². The second-order valence-electron chi connectivity index (χ2n) is 3.86. The van der Waals surface area contributed by atoms with Crippen molar-refractivity contribution in [3.8, 4) is 0 Å². The first-order chi connectivity index (χ1) is 9.58. The number of nitro groups is 1. The molecule has 2 N–H and O–H groups in total. The molecule has 0 aliphatic rings. The number of aromatic nitrogens is 2. The summed E-state index contributed by atoms with van der Waals surface area (Å²) in [5, 5.41) is 22.5. The molecular formula is C12H10N4O4. The van der Waals surface area contributed by atoms with Crippen LogP contribution in [0.3, 0.4) is 0 Å². The number of nitrogens with zero attached hydrogens (tertiary/aromatic N) is 3. The third-order valence-electron chi connectivity index (χ3n) is 2.52. The normalized spacial score (nSPS) is 10.0. The minimum Gasteiger partial charge on any atom is -0.478 e. The van der Waals surface area contributed by atoms with Gasteiger partial charge in [-0.3, -0.25) is 15.1 Å². The van der Waals surface area contributed by atoms with Crippen LogP contribution in [0.5, 0.6) is 0 Å². The van der Waals surface area contributed by atoms with Crippen LogP contribution in [0, 0.1) is 10.1 Å². The summed E-state index contributed by atoms with van der Waals surface area (Å²) in [5.74, 6) is -1.24. The molecule has 0 spiro atoms. The van der Waals surface area contributed by atoms with E-state index in [4.69, 9.17) is 5.11 Å². The Labute approximate surface area is 113 Å². The highest BCUT2D eigenvalue weighted by atomic mass is 16.6. The van der Waals surface area contributed by atoms with Gasteiger partial charge < -0.3 is 10.4 Å². The summed E-state index contributed by atoms with van der Waals surface area (Å²) in [5.41, 5.74) is 0.267. The molecule has 0 radical (unpaired) electrons. The number of aromatic carboxylic acids is 1. The minimum absolute atomic E-state index is 0.0248. The van der Waals surface area contributed by atoms with Crippen LogP contribution in [-0.4, -0.2) is 26.0 Å². The van der Waals surface area contributed by atoms with Gasteiger partial charge >= 0.3 is 11.7 Å². The van der Waals surface area contributed by atoms with E-state index in [1.807, 2.05) is 0 Å². The van der Waals surface area contributed by atoms with Gasteiger partial charge in [0, 0.05) is 31.2 Å². The Morgan fingerprint density at radius 1 is 1.40 bits per heavy atom. The zero-order chi connectivity index (χ0) is 14.5. The van der Waals surface area contributed by atoms with Crippen molar-refractivity contribution in [2.75, 3.05) is 5.32 Å². The van der Waals surface area contributed by atoms with E-state index in [9.17, 15) is 14.9 Å². The van der Waals surface area contributed by atoms with E-state index < -0.39 is 10.9 Å². The van der Waals surface area contributed by atoms with E-state index in [1.54, 1.807) is 24.5 Å². The first kappa shape index (κ1) is 13.4. The summed E-state index contributed by atoms with van der Waals surface area (Å²) in [6, 6.07) is 4.49. The second-order valence-corrected chi connectivity index (χ2v) is 3.86. The summed E-state index contributed by atoms with van der Waals surface area (Å²) in [6.07, 6.45) is 4.28. The molecule has 0 fully saturated rings. The van der Waals surface area contributed by atoms with Gasteiger partial charge in [0.25, 0.3) is 0 Å². The van der Waals surface area contributed by atoms with E-state index in [-0.39, 0.29) is 17.1 Å². The molecular weight excluding hydrogens is 264 g/mol. The monoisotopic (exact) mass is 274 g/mol. The third kappa shape index (κ3) is 3.05. The lowest BCUT2D eigenvalue weighted by molar-refractivity contribution is -0.384. The first-order valence-corrected chi connectivity index (χ1v) is 5.58. The molecule has 102 valence electrons. The fraction of sp³-hybridized carbons (Fsp3) is 0.0833. The van der Waals surface area contributed by atoms with E-state index >= 15 is 0 Å². The van der Waals surface area contributed by atoms with E-state index in [1.165, 1.54) is 0 Å². The maximum absolute atomic E-state index is 10.9. The Balaban J connectivity index is 2.23. The molecule has 2 aromatic rings. The summed E-state index contributed by atoms with van der Waals surface area (Å²) in [6.45, 7) is 0.322. The number of hydrogen-bond donors (Lipinski definition) is 2. The van der Waals surface area contributed by atoms with Crippen LogP contribution in [0.25, 0.3) is 0 Å². The van der Waals surface area contributed by atoms with Crippen LogP contribution in [0.4, 0.5) is 11.5 Å². The maximum Gasteiger partial charge on any atom is 0.337 e. The second kappa shape index (κ2) is 5.74. The molecule has 20 heavy (non-hydrogen) atoms. The van der Waals surface area contributed by atoms with E-state index in [2.05, 4.69) is 15.3 Å². The van der Waals surface area contributed by atoms with Crippen LogP contribution < -0.4 is 5.32 Å². The first-order valence-electron chi connectivity index (χ1n) is 5.58. The highest BCUT2D eigenvalue weighted by Gasteiger charge is 2.18. The van der Waals surface area contributed by atoms with Gasteiger partial charge in [0.05, 0.1) is 10.5 Å². The fourth-order valence-electron chi connectivity index (χ4n) is 1.53. The van der Waals surface area contributed by atoms with Crippen LogP contribution in [0.15, 0.2) is 36.8 Å². The number of hydrogen-bond acceptors (Lipinski definition) is 6. The van der Waals surface area contributed by atoms with Crippen molar-refractivity contribution in [3.63, 3.8) is 0 Å². The number of nitrogens with one attached hydrogen (secondary N) is 1. The minimum atomic E-state index is -1.26. The zero-order valence-electron chi connectivity index (χ0n) is 10.2. The Kier molecular flexibility index (Phi) is 3.85. The SMILES string of the molecule is O=C(O)c1cnc(NCc2ccncc2)c([N+](=O)[O-])c1. The number of carbonyl (C=O) groups is 1. The smallest absolute Gasteiger partial charge is 0.337 e. The molecule has 0 aliphatic heterocycles. The van der Waals surface area contributed by atoms with Gasteiger partial charge in [-0.05, 0) is 17.7 Å². The quantitative estimate of drug-likeness (QED) is 0.629. The Morgan fingerprint density at radius 2 is 2.10 bits per heavy atom. The fourth-order valence-corrected chi connectivity index (χ4v) is 1.53. The molecule has 0 unspecified atom stereocenters. The molecule has 8 heteroatoms. The Hall–Kier alpha value is -3.03. The van der Waals surface area contributed by atoms with Crippen LogP contribution in [0.2, 0.25) is 0 Å². The van der Waals surface area contributed by atoms with Gasteiger partial charge in [0.2, 0.25) is 5.82 Å². The Morgan fingerprint density at radius 3 is 2.70 bits per heavy atom. The van der Waals surface area contributed by atoms with Crippen molar-refractivity contribution in [2.45, 2.75) is 6.54 Å². The van der Waals surface area contributed by atoms with Crippen molar-refractivity contribution >= 4 is 17.5 Å². The maximum atomic E-state index is 10.9. The molecule has 0 saturated carbocycles. The molecule has 0 amide bonds. The van der Waals surface area contributed by atoms with Crippen molar-refractivity contribution in [2.24, 2.45) is 0 Å². The van der Waals surface area contributed by atoms with Crippen molar-refractivity contribution in [1.29, 1.82) is 0 Å². The standard InChI is InChI=1S/C12H10N4O4/c17-12(18)9-5-10(16(19)20)11(15-7-9)14-6-8-1-3-13-4-2-8/h1-5,7H,6H2,(H,14,15)(H,17,18). The van der Waals surface area contributed by atoms with Crippen LogP contribution in [-0.2, 0) is 6.54 Å². The van der Waals surface area contributed by atoms with Crippen LogP contribution >= 0.6 is 0 Å². The predicted molar refractivity (Wildman–Crippen MR) is 69.4 cm³/mol. The molecule has 0 saturated heterocycles. The predicted octanol–water partition coefficient (Wildman–Crippen LogP) is 1.70. The molecule has 0 atom stereocenters. The van der Waals surface area contributed by atoms with Crippen molar-refractivity contribution in [1.82, 2.24) is 9.97 Å². The summed E-state index contributed by atoms with van der Waals surface area (Å²) in [7, 11) is 0. The molecule has 0 bridgehead atoms. The van der Waals surface area contributed by atoms with Gasteiger partial charge in [-0.15, -0.1) is 0 Å². The van der Waals surface area contributed by atoms with Gasteiger partial charge in [-0.2, -0.15) is 0 Å². The molecule has 2 aromatic heterocycles. The summed E-state index contributed by atoms with van der Waals surface area (Å²) < 4.78 is 0. The number of carboxylic acid groups (broad SMARTS) is 1. The third-order valence-corrected chi connectivity index (χ3v) is 2.52. The van der Waals surface area contributed by atoms with Gasteiger partial charge in [-0.1, -0.05) is 0 Å². The highest BCUT2D eigenvalue weighted by Crippen LogP contribution is 2.23. The molecule has 8 nitrogen and oxygen atoms in total. The topological polar surface area (TPSA) is 118 Å². The summed E-state index contributed by atoms with van der Waals surface area (Å²) in [4.78, 5) is 28.7. The number of anilines is 1. The van der Waals surface area contributed by atoms with Crippen LogP contribution in [0.1, 0.15) is 15.9 Å². The largest absolute Gasteiger partial charge is 0.478 e. The lowest BCUT2D eigenvalue weighted by Crippen LogP contribution is -2.07. The lowest BCUT2D eigenvalue weighted by atomic mass is 10.2. The number of carboxylic acids is 1. The van der Waals surface area contributed by atoms with Crippen molar-refractivity contribution < 1.29 is 14.8 Å². The molecule has 2 heterocycles. The van der Waals surface area contributed by atoms with Gasteiger partial charge in [0.15, 0.2) is 0 Å². The molecule has 0 aliphatic carbocycles. The van der Waals surface area contributed by atoms with Crippen molar-refractivity contribution in [3.05, 3.63) is 58.0 Å². The van der Waals surface area contributed by atoms with Gasteiger partial charge in [0.1, 0.15) is 0 Å². The molecule has 0 aromatic carbocycles. The highest BCUT2D eigenvalue weighted by molar-refractivity contribution is 5.88.